The van der Waals surface area contributed by atoms with Crippen LogP contribution >= 0.6 is 10.7 Å². The van der Waals surface area contributed by atoms with Crippen molar-refractivity contribution in [2.24, 2.45) is 0 Å². The molecule has 0 aliphatic rings. The van der Waals surface area contributed by atoms with Crippen LogP contribution in [0.15, 0.2) is 6.07 Å². The monoisotopic (exact) mass is 262 g/mol. The first-order valence-electron chi connectivity index (χ1n) is 3.46. The first-order chi connectivity index (χ1) is 6.72. The van der Waals surface area contributed by atoms with Gasteiger partial charge in [-0.05, 0) is 0 Å². The first kappa shape index (κ1) is 12.3. The number of halogens is 5. The van der Waals surface area contributed by atoms with Crippen molar-refractivity contribution in [1.29, 1.82) is 0 Å². The minimum atomic E-state index is -4.30. The second kappa shape index (κ2) is 3.97. The average Bonchev–Trinajstić information content (AvgIpc) is 2.08. The van der Waals surface area contributed by atoms with E-state index >= 15 is 0 Å². The summed E-state index contributed by atoms with van der Waals surface area (Å²) in [5, 5.41) is 0. The van der Waals surface area contributed by atoms with Crippen LogP contribution in [-0.4, -0.2) is 8.42 Å². The number of benzene rings is 1. The standard InChI is InChI=1S/C7H3ClF4O2S/c8-15(13,14)2-3-6(11)4(9)1-5(10)7(3)12/h1H,2H2. The van der Waals surface area contributed by atoms with E-state index in [1.165, 1.54) is 0 Å². The predicted molar refractivity (Wildman–Crippen MR) is 44.8 cm³/mol. The van der Waals surface area contributed by atoms with Crippen molar-refractivity contribution >= 4 is 19.7 Å². The Bertz CT molecular complexity index is 474. The zero-order valence-corrected chi connectivity index (χ0v) is 8.47. The van der Waals surface area contributed by atoms with Gasteiger partial charge in [-0.1, -0.05) is 0 Å². The molecule has 0 saturated carbocycles. The van der Waals surface area contributed by atoms with E-state index in [0.29, 0.717) is 0 Å². The summed E-state index contributed by atoms with van der Waals surface area (Å²) in [5.74, 6) is -8.20. The molecule has 1 aromatic carbocycles. The highest BCUT2D eigenvalue weighted by atomic mass is 35.7. The van der Waals surface area contributed by atoms with Crippen LogP contribution in [0.2, 0.25) is 0 Å². The Morgan fingerprint density at radius 2 is 1.47 bits per heavy atom. The molecule has 0 radical (unpaired) electrons. The average molecular weight is 263 g/mol. The summed E-state index contributed by atoms with van der Waals surface area (Å²) < 4.78 is 71.9. The largest absolute Gasteiger partial charge is 0.236 e. The SMILES string of the molecule is O=S(=O)(Cl)Cc1c(F)c(F)cc(F)c1F. The highest BCUT2D eigenvalue weighted by molar-refractivity contribution is 8.13. The minimum absolute atomic E-state index is 0.0188. The third kappa shape index (κ3) is 2.82. The number of hydrogen-bond donors (Lipinski definition) is 0. The van der Waals surface area contributed by atoms with E-state index in [2.05, 4.69) is 0 Å². The van der Waals surface area contributed by atoms with Gasteiger partial charge in [0.25, 0.3) is 0 Å². The number of hydrogen-bond acceptors (Lipinski definition) is 2. The highest BCUT2D eigenvalue weighted by Crippen LogP contribution is 2.22. The van der Waals surface area contributed by atoms with Gasteiger partial charge in [0.15, 0.2) is 23.3 Å². The maximum atomic E-state index is 12.9. The molecule has 15 heavy (non-hydrogen) atoms. The van der Waals surface area contributed by atoms with Crippen LogP contribution in [0.5, 0.6) is 0 Å². The molecule has 0 saturated heterocycles. The topological polar surface area (TPSA) is 34.1 Å². The quantitative estimate of drug-likeness (QED) is 0.466. The molecule has 0 aromatic heterocycles. The van der Waals surface area contributed by atoms with Gasteiger partial charge >= 0.3 is 0 Å². The molecule has 0 heterocycles. The zero-order valence-electron chi connectivity index (χ0n) is 6.90. The molecule has 1 aromatic rings. The van der Waals surface area contributed by atoms with Crippen LogP contribution in [0.3, 0.4) is 0 Å². The maximum Gasteiger partial charge on any atom is 0.236 e. The second-order valence-electron chi connectivity index (χ2n) is 2.63. The van der Waals surface area contributed by atoms with Crippen molar-refractivity contribution < 1.29 is 26.0 Å². The van der Waals surface area contributed by atoms with Gasteiger partial charge in [-0.2, -0.15) is 0 Å². The van der Waals surface area contributed by atoms with Gasteiger partial charge in [0.2, 0.25) is 9.05 Å². The predicted octanol–water partition coefficient (Wildman–Crippen LogP) is 2.31. The fourth-order valence-electron chi connectivity index (χ4n) is 0.922. The third-order valence-corrected chi connectivity index (χ3v) is 2.48. The van der Waals surface area contributed by atoms with Gasteiger partial charge in [-0.15, -0.1) is 0 Å². The molecule has 1 rings (SSSR count). The molecule has 0 atom stereocenters. The van der Waals surface area contributed by atoms with E-state index in [1.807, 2.05) is 0 Å². The molecule has 0 aliphatic heterocycles. The lowest BCUT2D eigenvalue weighted by Crippen LogP contribution is -2.06. The first-order valence-corrected chi connectivity index (χ1v) is 5.94. The van der Waals surface area contributed by atoms with Gasteiger partial charge in [0.1, 0.15) is 0 Å². The fourth-order valence-corrected chi connectivity index (χ4v) is 1.85. The summed E-state index contributed by atoms with van der Waals surface area (Å²) in [6.07, 6.45) is 0. The van der Waals surface area contributed by atoms with Crippen LogP contribution in [0, 0.1) is 23.3 Å². The zero-order chi connectivity index (χ0) is 11.8. The van der Waals surface area contributed by atoms with Gasteiger partial charge in [-0.25, -0.2) is 26.0 Å². The second-order valence-corrected chi connectivity index (χ2v) is 5.41. The van der Waals surface area contributed by atoms with Crippen molar-refractivity contribution in [3.05, 3.63) is 34.9 Å². The van der Waals surface area contributed by atoms with Crippen LogP contribution in [-0.2, 0) is 14.8 Å². The van der Waals surface area contributed by atoms with Crippen molar-refractivity contribution in [3.63, 3.8) is 0 Å². The van der Waals surface area contributed by atoms with Gasteiger partial charge in [0.05, 0.1) is 5.75 Å². The molecule has 84 valence electrons. The van der Waals surface area contributed by atoms with E-state index in [0.717, 1.165) is 0 Å². The summed E-state index contributed by atoms with van der Waals surface area (Å²) in [5.41, 5.74) is -1.25. The normalized spacial score (nSPS) is 11.8. The highest BCUT2D eigenvalue weighted by Gasteiger charge is 2.22. The molecule has 0 N–H and O–H groups in total. The summed E-state index contributed by atoms with van der Waals surface area (Å²) in [6, 6.07) is -0.0188. The summed E-state index contributed by atoms with van der Waals surface area (Å²) in [7, 11) is 0.414. The molecule has 0 aliphatic carbocycles. The summed E-state index contributed by atoms with van der Waals surface area (Å²) in [4.78, 5) is 0. The maximum absolute atomic E-state index is 12.9. The summed E-state index contributed by atoms with van der Waals surface area (Å²) >= 11 is 0. The van der Waals surface area contributed by atoms with Gasteiger partial charge in [-0.3, -0.25) is 0 Å². The number of rotatable bonds is 2. The molecule has 2 nitrogen and oxygen atoms in total. The van der Waals surface area contributed by atoms with Crippen molar-refractivity contribution in [2.45, 2.75) is 5.75 Å². The molecule has 0 fully saturated rings. The molecule has 8 heteroatoms. The van der Waals surface area contributed by atoms with Crippen molar-refractivity contribution in [2.75, 3.05) is 0 Å². The van der Waals surface area contributed by atoms with Crippen molar-refractivity contribution in [1.82, 2.24) is 0 Å². The fraction of sp³-hybridized carbons (Fsp3) is 0.143. The van der Waals surface area contributed by atoms with E-state index in [4.69, 9.17) is 10.7 Å². The Morgan fingerprint density at radius 1 is 1.07 bits per heavy atom. The van der Waals surface area contributed by atoms with E-state index in [-0.39, 0.29) is 6.07 Å². The molecular formula is C7H3ClF4O2S. The lowest BCUT2D eigenvalue weighted by molar-refractivity contribution is 0.443. The lowest BCUT2D eigenvalue weighted by Gasteiger charge is -2.04. The van der Waals surface area contributed by atoms with E-state index in [1.54, 1.807) is 0 Å². The molecule has 0 spiro atoms. The minimum Gasteiger partial charge on any atom is -0.212 e. The van der Waals surface area contributed by atoms with E-state index in [9.17, 15) is 26.0 Å². The van der Waals surface area contributed by atoms with Crippen LogP contribution < -0.4 is 0 Å². The van der Waals surface area contributed by atoms with Gasteiger partial charge < -0.3 is 0 Å². The Kier molecular flexibility index (Phi) is 3.25. The Hall–Kier alpha value is -0.820. The van der Waals surface area contributed by atoms with E-state index < -0.39 is 43.6 Å². The van der Waals surface area contributed by atoms with Gasteiger partial charge in [0, 0.05) is 22.3 Å². The Labute approximate surface area is 86.9 Å². The molecule has 0 amide bonds. The molecular weight excluding hydrogens is 260 g/mol. The Balaban J connectivity index is 3.40. The summed E-state index contributed by atoms with van der Waals surface area (Å²) in [6.45, 7) is 0. The van der Waals surface area contributed by atoms with Crippen molar-refractivity contribution in [3.8, 4) is 0 Å². The molecule has 0 unspecified atom stereocenters. The molecule has 0 bridgehead atoms. The Morgan fingerprint density at radius 3 is 1.80 bits per heavy atom. The third-order valence-electron chi connectivity index (χ3n) is 1.52. The smallest absolute Gasteiger partial charge is 0.212 e. The lowest BCUT2D eigenvalue weighted by atomic mass is 10.2. The van der Waals surface area contributed by atoms with Crippen LogP contribution in [0.25, 0.3) is 0 Å². The van der Waals surface area contributed by atoms with Crippen LogP contribution in [0.4, 0.5) is 17.6 Å². The van der Waals surface area contributed by atoms with Crippen LogP contribution in [0.1, 0.15) is 5.56 Å².